The molecule has 0 aliphatic heterocycles. The molecule has 1 aromatic rings. The number of benzene rings is 1. The van der Waals surface area contributed by atoms with E-state index in [2.05, 4.69) is 15.9 Å². The van der Waals surface area contributed by atoms with Crippen LogP contribution in [0, 0.1) is 0 Å². The smallest absolute Gasteiger partial charge is 0.257 e. The number of halogens is 1. The molecule has 18 heavy (non-hydrogen) atoms. The second kappa shape index (κ2) is 6.64. The number of amides is 1. The number of phenolic OH excluding ortho intramolecular Hbond substituents is 2. The highest BCUT2D eigenvalue weighted by molar-refractivity contribution is 9.09. The van der Waals surface area contributed by atoms with E-state index in [1.807, 2.05) is 13.8 Å². The zero-order valence-electron chi connectivity index (χ0n) is 10.6. The SMILES string of the molecule is CC(C)N(CCCBr)C(=O)c1ccc(O)cc1O. The Balaban J connectivity index is 2.94. The zero-order chi connectivity index (χ0) is 13.7. The summed E-state index contributed by atoms with van der Waals surface area (Å²) in [4.78, 5) is 14.0. The average Bonchev–Trinajstić information content (AvgIpc) is 2.28. The molecule has 2 N–H and O–H groups in total. The molecular weight excluding hydrogens is 298 g/mol. The second-order valence-corrected chi connectivity index (χ2v) is 5.13. The van der Waals surface area contributed by atoms with Gasteiger partial charge in [0, 0.05) is 24.0 Å². The molecule has 1 rings (SSSR count). The standard InChI is InChI=1S/C13H18BrNO3/c1-9(2)15(7-3-6-14)13(18)11-5-4-10(16)8-12(11)17/h4-5,8-9,16-17H,3,6-7H2,1-2H3. The van der Waals surface area contributed by atoms with Gasteiger partial charge in [0.15, 0.2) is 0 Å². The summed E-state index contributed by atoms with van der Waals surface area (Å²) in [5.41, 5.74) is 0.219. The Kier molecular flexibility index (Phi) is 5.47. The molecule has 0 aliphatic rings. The van der Waals surface area contributed by atoms with Crippen molar-refractivity contribution in [2.24, 2.45) is 0 Å². The first-order chi connectivity index (χ1) is 8.47. The van der Waals surface area contributed by atoms with Crippen molar-refractivity contribution in [1.82, 2.24) is 4.90 Å². The van der Waals surface area contributed by atoms with Crippen LogP contribution >= 0.6 is 15.9 Å². The van der Waals surface area contributed by atoms with E-state index in [9.17, 15) is 15.0 Å². The minimum atomic E-state index is -0.219. The van der Waals surface area contributed by atoms with Gasteiger partial charge in [-0.25, -0.2) is 0 Å². The molecule has 0 spiro atoms. The molecule has 0 heterocycles. The summed E-state index contributed by atoms with van der Waals surface area (Å²) in [6, 6.07) is 4.08. The van der Waals surface area contributed by atoms with Gasteiger partial charge in [0.05, 0.1) is 5.56 Å². The van der Waals surface area contributed by atoms with Gasteiger partial charge in [-0.05, 0) is 32.4 Å². The number of carbonyl (C=O) groups excluding carboxylic acids is 1. The molecule has 0 radical (unpaired) electrons. The fraction of sp³-hybridized carbons (Fsp3) is 0.462. The molecule has 0 saturated heterocycles. The van der Waals surface area contributed by atoms with Gasteiger partial charge in [-0.3, -0.25) is 4.79 Å². The molecule has 0 unspecified atom stereocenters. The van der Waals surface area contributed by atoms with Crippen molar-refractivity contribution in [3.05, 3.63) is 23.8 Å². The molecule has 0 bridgehead atoms. The first-order valence-corrected chi connectivity index (χ1v) is 6.98. The Bertz CT molecular complexity index is 421. The van der Waals surface area contributed by atoms with Crippen LogP contribution in [0.3, 0.4) is 0 Å². The number of hydrogen-bond donors (Lipinski definition) is 2. The van der Waals surface area contributed by atoms with Gasteiger partial charge in [-0.2, -0.15) is 0 Å². The highest BCUT2D eigenvalue weighted by Gasteiger charge is 2.21. The summed E-state index contributed by atoms with van der Waals surface area (Å²) in [6.45, 7) is 4.50. The molecule has 1 amide bonds. The fourth-order valence-electron chi connectivity index (χ4n) is 1.68. The number of alkyl halides is 1. The topological polar surface area (TPSA) is 60.8 Å². The molecule has 0 atom stereocenters. The average molecular weight is 316 g/mol. The van der Waals surface area contributed by atoms with Crippen molar-refractivity contribution in [1.29, 1.82) is 0 Å². The molecule has 0 saturated carbocycles. The summed E-state index contributed by atoms with van der Waals surface area (Å²) >= 11 is 3.34. The van der Waals surface area contributed by atoms with E-state index < -0.39 is 0 Å². The Hall–Kier alpha value is -1.23. The summed E-state index contributed by atoms with van der Waals surface area (Å²) in [7, 11) is 0. The molecular formula is C13H18BrNO3. The predicted molar refractivity (Wildman–Crippen MR) is 74.4 cm³/mol. The van der Waals surface area contributed by atoms with Crippen molar-refractivity contribution in [3.8, 4) is 11.5 Å². The lowest BCUT2D eigenvalue weighted by molar-refractivity contribution is 0.0703. The monoisotopic (exact) mass is 315 g/mol. The summed E-state index contributed by atoms with van der Waals surface area (Å²) in [5.74, 6) is -0.464. The highest BCUT2D eigenvalue weighted by atomic mass is 79.9. The maximum absolute atomic E-state index is 12.3. The largest absolute Gasteiger partial charge is 0.508 e. The molecule has 100 valence electrons. The van der Waals surface area contributed by atoms with E-state index in [4.69, 9.17) is 0 Å². The van der Waals surface area contributed by atoms with Gasteiger partial charge in [-0.15, -0.1) is 0 Å². The van der Waals surface area contributed by atoms with Gasteiger partial charge in [0.2, 0.25) is 0 Å². The summed E-state index contributed by atoms with van der Waals surface area (Å²) in [6.07, 6.45) is 0.850. The van der Waals surface area contributed by atoms with Crippen LogP contribution in [0.4, 0.5) is 0 Å². The third kappa shape index (κ3) is 3.63. The predicted octanol–water partition coefficient (Wildman–Crippen LogP) is 2.73. The van der Waals surface area contributed by atoms with Crippen LogP contribution in [0.5, 0.6) is 11.5 Å². The van der Waals surface area contributed by atoms with Gasteiger partial charge in [0.25, 0.3) is 5.91 Å². The summed E-state index contributed by atoms with van der Waals surface area (Å²) in [5, 5.41) is 19.7. The first-order valence-electron chi connectivity index (χ1n) is 5.86. The van der Waals surface area contributed by atoms with Gasteiger partial charge >= 0.3 is 0 Å². The quantitative estimate of drug-likeness (QED) is 0.821. The van der Waals surface area contributed by atoms with Crippen molar-refractivity contribution >= 4 is 21.8 Å². The number of carbonyl (C=O) groups is 1. The third-order valence-corrected chi connectivity index (χ3v) is 3.19. The van der Waals surface area contributed by atoms with E-state index >= 15 is 0 Å². The lowest BCUT2D eigenvalue weighted by Gasteiger charge is -2.27. The molecule has 5 heteroatoms. The van der Waals surface area contributed by atoms with Gasteiger partial charge < -0.3 is 15.1 Å². The van der Waals surface area contributed by atoms with Crippen LogP contribution in [0.15, 0.2) is 18.2 Å². The number of hydrogen-bond acceptors (Lipinski definition) is 3. The van der Waals surface area contributed by atoms with Crippen LogP contribution in [0.25, 0.3) is 0 Å². The Morgan fingerprint density at radius 3 is 2.56 bits per heavy atom. The van der Waals surface area contributed by atoms with Crippen LogP contribution in [0.2, 0.25) is 0 Å². The lowest BCUT2D eigenvalue weighted by Crippen LogP contribution is -2.37. The molecule has 1 aromatic carbocycles. The third-order valence-electron chi connectivity index (χ3n) is 2.63. The number of rotatable bonds is 5. The first kappa shape index (κ1) is 14.8. The maximum Gasteiger partial charge on any atom is 0.257 e. The van der Waals surface area contributed by atoms with Crippen molar-refractivity contribution in [3.63, 3.8) is 0 Å². The van der Waals surface area contributed by atoms with E-state index in [0.717, 1.165) is 11.8 Å². The van der Waals surface area contributed by atoms with Gasteiger partial charge in [-0.1, -0.05) is 15.9 Å². The zero-order valence-corrected chi connectivity index (χ0v) is 12.1. The Labute approximate surface area is 115 Å². The van der Waals surface area contributed by atoms with Crippen molar-refractivity contribution in [2.45, 2.75) is 26.3 Å². The van der Waals surface area contributed by atoms with E-state index in [0.29, 0.717) is 6.54 Å². The van der Waals surface area contributed by atoms with Gasteiger partial charge in [0.1, 0.15) is 11.5 Å². The van der Waals surface area contributed by atoms with E-state index in [1.54, 1.807) is 4.90 Å². The molecule has 0 aromatic heterocycles. The minimum absolute atomic E-state index is 0.0550. The van der Waals surface area contributed by atoms with Crippen molar-refractivity contribution in [2.75, 3.05) is 11.9 Å². The van der Waals surface area contributed by atoms with Crippen LogP contribution in [-0.4, -0.2) is 38.9 Å². The number of nitrogens with zero attached hydrogens (tertiary/aromatic N) is 1. The van der Waals surface area contributed by atoms with Crippen LogP contribution < -0.4 is 0 Å². The molecule has 4 nitrogen and oxygen atoms in total. The van der Waals surface area contributed by atoms with Crippen LogP contribution in [0.1, 0.15) is 30.6 Å². The van der Waals surface area contributed by atoms with E-state index in [1.165, 1.54) is 18.2 Å². The number of phenols is 2. The lowest BCUT2D eigenvalue weighted by atomic mass is 10.1. The highest BCUT2D eigenvalue weighted by Crippen LogP contribution is 2.24. The Morgan fingerprint density at radius 2 is 2.06 bits per heavy atom. The van der Waals surface area contributed by atoms with E-state index in [-0.39, 0.29) is 29.0 Å². The maximum atomic E-state index is 12.3. The van der Waals surface area contributed by atoms with Crippen LogP contribution in [-0.2, 0) is 0 Å². The normalized spacial score (nSPS) is 10.7. The summed E-state index contributed by atoms with van der Waals surface area (Å²) < 4.78 is 0. The molecule has 0 fully saturated rings. The Morgan fingerprint density at radius 1 is 1.39 bits per heavy atom. The minimum Gasteiger partial charge on any atom is -0.508 e. The second-order valence-electron chi connectivity index (χ2n) is 4.34. The number of aromatic hydroxyl groups is 2. The molecule has 0 aliphatic carbocycles. The fourth-order valence-corrected chi connectivity index (χ4v) is 1.93. The van der Waals surface area contributed by atoms with Crippen molar-refractivity contribution < 1.29 is 15.0 Å².